The fraction of sp³-hybridized carbons (Fsp3) is 0.286. The minimum absolute atomic E-state index is 0.0814. The normalized spacial score (nSPS) is 9.93. The first-order valence-corrected chi connectivity index (χ1v) is 4.01. The van der Waals surface area contributed by atoms with Gasteiger partial charge in [0.1, 0.15) is 5.02 Å². The Morgan fingerprint density at radius 1 is 1.57 bits per heavy atom. The fourth-order valence-corrected chi connectivity index (χ4v) is 1.23. The third-order valence-corrected chi connectivity index (χ3v) is 1.85. The van der Waals surface area contributed by atoms with Gasteiger partial charge in [0.2, 0.25) is 0 Å². The summed E-state index contributed by atoms with van der Waals surface area (Å²) in [5, 5.41) is 8.61. The van der Waals surface area contributed by atoms with Crippen molar-refractivity contribution in [2.45, 2.75) is 0 Å². The van der Waals surface area contributed by atoms with Crippen LogP contribution in [0.3, 0.4) is 0 Å². The Kier molecular flexibility index (Phi) is 2.76. The number of nitrogens with one attached hydrogen (secondary N) is 1. The molecule has 1 aromatic rings. The Morgan fingerprint density at radius 2 is 2.14 bits per heavy atom. The highest BCUT2D eigenvalue weighted by molar-refractivity contribution is 6.35. The molecule has 14 heavy (non-hydrogen) atoms. The number of hydrogen-bond donors (Lipinski definition) is 2. The zero-order chi connectivity index (χ0) is 10.9. The number of aromatic carboxylic acids is 1. The van der Waals surface area contributed by atoms with Gasteiger partial charge in [0.05, 0.1) is 0 Å². The third-order valence-electron chi connectivity index (χ3n) is 1.49. The van der Waals surface area contributed by atoms with Gasteiger partial charge < -0.3 is 10.0 Å². The van der Waals surface area contributed by atoms with E-state index >= 15 is 0 Å². The van der Waals surface area contributed by atoms with Crippen molar-refractivity contribution in [1.82, 2.24) is 9.97 Å². The maximum Gasteiger partial charge on any atom is 0.354 e. The Hall–Kier alpha value is -1.56. The van der Waals surface area contributed by atoms with Crippen molar-refractivity contribution in [3.05, 3.63) is 21.2 Å². The number of aromatic amines is 1. The number of halogens is 1. The highest BCUT2D eigenvalue weighted by Gasteiger charge is 2.16. The van der Waals surface area contributed by atoms with Gasteiger partial charge in [0, 0.05) is 14.1 Å². The second-order valence-corrected chi connectivity index (χ2v) is 3.13. The summed E-state index contributed by atoms with van der Waals surface area (Å²) in [6.07, 6.45) is 0. The first-order chi connectivity index (χ1) is 6.43. The van der Waals surface area contributed by atoms with Gasteiger partial charge in [-0.25, -0.2) is 9.59 Å². The van der Waals surface area contributed by atoms with Crippen LogP contribution in [-0.2, 0) is 0 Å². The molecule has 7 heteroatoms. The van der Waals surface area contributed by atoms with Crippen LogP contribution in [0, 0.1) is 0 Å². The van der Waals surface area contributed by atoms with E-state index in [1.807, 2.05) is 4.98 Å². The molecular formula is C7H8ClN3O3. The Balaban J connectivity index is 3.48. The van der Waals surface area contributed by atoms with Gasteiger partial charge in [-0.3, -0.25) is 4.98 Å². The van der Waals surface area contributed by atoms with E-state index in [4.69, 9.17) is 16.7 Å². The number of H-pyrrole nitrogens is 1. The summed E-state index contributed by atoms with van der Waals surface area (Å²) in [5.41, 5.74) is -1.09. The van der Waals surface area contributed by atoms with E-state index in [1.165, 1.54) is 4.90 Å². The van der Waals surface area contributed by atoms with E-state index in [0.717, 1.165) is 0 Å². The highest BCUT2D eigenvalue weighted by atomic mass is 35.5. The van der Waals surface area contributed by atoms with Gasteiger partial charge in [-0.2, -0.15) is 4.98 Å². The summed E-state index contributed by atoms with van der Waals surface area (Å²) in [6.45, 7) is 0. The molecule has 1 aromatic heterocycles. The number of anilines is 1. The predicted octanol–water partition coefficient (Wildman–Crippen LogP) is 0.188. The average molecular weight is 218 g/mol. The van der Waals surface area contributed by atoms with Crippen LogP contribution in [0.2, 0.25) is 5.02 Å². The second kappa shape index (κ2) is 3.67. The topological polar surface area (TPSA) is 86.3 Å². The van der Waals surface area contributed by atoms with Crippen molar-refractivity contribution in [1.29, 1.82) is 0 Å². The molecule has 1 heterocycles. The van der Waals surface area contributed by atoms with Crippen molar-refractivity contribution in [3.8, 4) is 0 Å². The first kappa shape index (κ1) is 10.5. The molecule has 2 N–H and O–H groups in total. The molecule has 0 aromatic carbocycles. The highest BCUT2D eigenvalue weighted by Crippen LogP contribution is 2.22. The maximum absolute atomic E-state index is 11.0. The lowest BCUT2D eigenvalue weighted by Gasteiger charge is -2.12. The molecule has 76 valence electrons. The lowest BCUT2D eigenvalue weighted by molar-refractivity contribution is 0.0690. The van der Waals surface area contributed by atoms with Crippen LogP contribution in [0.15, 0.2) is 4.79 Å². The molecule has 0 radical (unpaired) electrons. The largest absolute Gasteiger partial charge is 0.477 e. The van der Waals surface area contributed by atoms with Gasteiger partial charge in [-0.1, -0.05) is 11.6 Å². The number of aromatic nitrogens is 2. The third kappa shape index (κ3) is 1.85. The van der Waals surface area contributed by atoms with Crippen LogP contribution in [-0.4, -0.2) is 35.1 Å². The Bertz CT molecular complexity index is 427. The Labute approximate surface area is 84.1 Å². The summed E-state index contributed by atoms with van der Waals surface area (Å²) in [5.74, 6) is -1.16. The standard InChI is InChI=1S/C7H8ClN3O3/c1-11(2)5-3(8)4(6(12)13)9-7(14)10-5/h1-2H3,(H,12,13)(H,9,10,14). The average Bonchev–Trinajstić information content (AvgIpc) is 2.07. The molecule has 0 fully saturated rings. The van der Waals surface area contributed by atoms with E-state index in [9.17, 15) is 9.59 Å². The molecule has 1 rings (SSSR count). The molecule has 0 saturated heterocycles. The molecular weight excluding hydrogens is 210 g/mol. The van der Waals surface area contributed by atoms with Crippen molar-refractivity contribution < 1.29 is 9.90 Å². The van der Waals surface area contributed by atoms with Crippen LogP contribution < -0.4 is 10.6 Å². The maximum atomic E-state index is 11.0. The van der Waals surface area contributed by atoms with Crippen LogP contribution >= 0.6 is 11.6 Å². The number of rotatable bonds is 2. The van der Waals surface area contributed by atoms with Crippen LogP contribution in [0.5, 0.6) is 0 Å². The fourth-order valence-electron chi connectivity index (χ4n) is 0.890. The number of carboxylic acid groups (broad SMARTS) is 1. The smallest absolute Gasteiger partial charge is 0.354 e. The molecule has 0 bridgehead atoms. The van der Waals surface area contributed by atoms with Crippen LogP contribution in [0.25, 0.3) is 0 Å². The quantitative estimate of drug-likeness (QED) is 0.739. The van der Waals surface area contributed by atoms with Crippen LogP contribution in [0.1, 0.15) is 10.5 Å². The zero-order valence-electron chi connectivity index (χ0n) is 7.54. The number of nitrogens with zero attached hydrogens (tertiary/aromatic N) is 2. The summed E-state index contributed by atoms with van der Waals surface area (Å²) in [6, 6.07) is 0. The molecule has 0 unspecified atom stereocenters. The van der Waals surface area contributed by atoms with E-state index in [2.05, 4.69) is 4.98 Å². The van der Waals surface area contributed by atoms with Crippen LogP contribution in [0.4, 0.5) is 5.82 Å². The summed E-state index contributed by atoms with van der Waals surface area (Å²) in [7, 11) is 3.22. The van der Waals surface area contributed by atoms with Gasteiger partial charge in [0.15, 0.2) is 11.5 Å². The van der Waals surface area contributed by atoms with Crippen molar-refractivity contribution in [2.24, 2.45) is 0 Å². The molecule has 0 saturated carbocycles. The molecule has 0 aliphatic heterocycles. The predicted molar refractivity (Wildman–Crippen MR) is 51.2 cm³/mol. The van der Waals surface area contributed by atoms with Gasteiger partial charge >= 0.3 is 11.7 Å². The molecule has 0 spiro atoms. The van der Waals surface area contributed by atoms with E-state index in [-0.39, 0.29) is 16.5 Å². The number of carbonyl (C=O) groups is 1. The zero-order valence-corrected chi connectivity index (χ0v) is 8.29. The molecule has 0 atom stereocenters. The monoisotopic (exact) mass is 217 g/mol. The number of hydrogen-bond acceptors (Lipinski definition) is 4. The summed E-state index contributed by atoms with van der Waals surface area (Å²) < 4.78 is 0. The SMILES string of the molecule is CN(C)c1nc(=O)[nH]c(C(=O)O)c1Cl. The van der Waals surface area contributed by atoms with Gasteiger partial charge in [-0.15, -0.1) is 0 Å². The van der Waals surface area contributed by atoms with Gasteiger partial charge in [-0.05, 0) is 0 Å². The second-order valence-electron chi connectivity index (χ2n) is 2.75. The lowest BCUT2D eigenvalue weighted by Crippen LogP contribution is -2.22. The molecule has 6 nitrogen and oxygen atoms in total. The Morgan fingerprint density at radius 3 is 2.57 bits per heavy atom. The lowest BCUT2D eigenvalue weighted by atomic mass is 10.4. The first-order valence-electron chi connectivity index (χ1n) is 3.64. The van der Waals surface area contributed by atoms with Crippen molar-refractivity contribution in [3.63, 3.8) is 0 Å². The summed E-state index contributed by atoms with van der Waals surface area (Å²) in [4.78, 5) is 28.6. The minimum Gasteiger partial charge on any atom is -0.477 e. The number of carboxylic acids is 1. The van der Waals surface area contributed by atoms with E-state index < -0.39 is 11.7 Å². The van der Waals surface area contributed by atoms with E-state index in [1.54, 1.807) is 14.1 Å². The molecule has 0 aliphatic rings. The van der Waals surface area contributed by atoms with E-state index in [0.29, 0.717) is 0 Å². The van der Waals surface area contributed by atoms with Gasteiger partial charge in [0.25, 0.3) is 0 Å². The molecule has 0 aliphatic carbocycles. The molecule has 0 amide bonds. The van der Waals surface area contributed by atoms with Crippen molar-refractivity contribution in [2.75, 3.05) is 19.0 Å². The minimum atomic E-state index is -1.29. The van der Waals surface area contributed by atoms with Crippen molar-refractivity contribution >= 4 is 23.4 Å². The summed E-state index contributed by atoms with van der Waals surface area (Å²) >= 11 is 5.72.